The number of halogens is 9. The van der Waals surface area contributed by atoms with E-state index in [1.165, 1.54) is 6.07 Å². The van der Waals surface area contributed by atoms with Gasteiger partial charge < -0.3 is 0 Å². The van der Waals surface area contributed by atoms with Gasteiger partial charge in [0.05, 0.1) is 26.5 Å². The van der Waals surface area contributed by atoms with Crippen molar-refractivity contribution >= 4 is 58.4 Å². The topological polar surface area (TPSA) is 17.1 Å². The highest BCUT2D eigenvalue weighted by Gasteiger charge is 2.40. The highest BCUT2D eigenvalue weighted by molar-refractivity contribution is 7.99. The normalized spacial score (nSPS) is 14.5. The molecule has 2 aromatic rings. The molecule has 0 saturated carbocycles. The Balaban J connectivity index is 2.40. The van der Waals surface area contributed by atoms with Gasteiger partial charge in [0.1, 0.15) is 0 Å². The molecule has 1 unspecified atom stereocenters. The standard InChI is InChI=1S/C25H23Cl3F6OS/c1-13(2)36-12-14(3)8-22(35)17-6-4-15(9-19(17)25(32,33)34)5-7-18(24(29,30)31)16-10-20(26)23(28)21(27)11-16/h4-7,9-11,13-14,18H,8,12H2,1-3H3/b7-5+/t14-,18?/m0/s1. The van der Waals surface area contributed by atoms with E-state index in [4.69, 9.17) is 34.8 Å². The summed E-state index contributed by atoms with van der Waals surface area (Å²) in [6.45, 7) is 5.74. The van der Waals surface area contributed by atoms with Crippen LogP contribution in [0.2, 0.25) is 15.1 Å². The summed E-state index contributed by atoms with van der Waals surface area (Å²) < 4.78 is 82.5. The molecule has 0 aliphatic carbocycles. The maximum absolute atomic E-state index is 13.8. The molecule has 0 radical (unpaired) electrons. The molecule has 11 heteroatoms. The molecular formula is C25H23Cl3F6OS. The van der Waals surface area contributed by atoms with Crippen molar-refractivity contribution in [3.05, 3.63) is 73.7 Å². The van der Waals surface area contributed by atoms with Crippen LogP contribution in [0.1, 0.15) is 60.2 Å². The average Bonchev–Trinajstić information content (AvgIpc) is 2.74. The van der Waals surface area contributed by atoms with E-state index in [2.05, 4.69) is 0 Å². The molecule has 0 bridgehead atoms. The van der Waals surface area contributed by atoms with Gasteiger partial charge in [-0.2, -0.15) is 38.1 Å². The number of alkyl halides is 6. The lowest BCUT2D eigenvalue weighted by molar-refractivity contribution is -0.139. The molecule has 0 amide bonds. The maximum Gasteiger partial charge on any atom is 0.417 e. The lowest BCUT2D eigenvalue weighted by Crippen LogP contribution is -2.19. The number of allylic oxidation sites excluding steroid dienone is 1. The zero-order chi connectivity index (χ0) is 27.4. The first kappa shape index (κ1) is 30.9. The molecule has 2 atom stereocenters. The molecule has 36 heavy (non-hydrogen) atoms. The summed E-state index contributed by atoms with van der Waals surface area (Å²) in [4.78, 5) is 12.6. The Bertz CT molecular complexity index is 1090. The maximum atomic E-state index is 13.8. The van der Waals surface area contributed by atoms with Crippen LogP contribution in [0.15, 0.2) is 36.4 Å². The fourth-order valence-corrected chi connectivity index (χ4v) is 4.80. The van der Waals surface area contributed by atoms with Crippen LogP contribution in [0, 0.1) is 5.92 Å². The SMILES string of the molecule is CC(C)SC[C@@H](C)CC(=O)c1ccc(/C=C/C(c2cc(Cl)c(Cl)c(Cl)c2)C(F)(F)F)cc1C(F)(F)F. The van der Waals surface area contributed by atoms with E-state index in [1.54, 1.807) is 18.7 Å². The van der Waals surface area contributed by atoms with Crippen molar-refractivity contribution in [1.82, 2.24) is 0 Å². The van der Waals surface area contributed by atoms with Gasteiger partial charge in [-0.05, 0) is 46.2 Å². The largest absolute Gasteiger partial charge is 0.417 e. The van der Waals surface area contributed by atoms with E-state index in [0.29, 0.717) is 23.1 Å². The molecule has 0 N–H and O–H groups in total. The van der Waals surface area contributed by atoms with Crippen LogP contribution in [0.3, 0.4) is 0 Å². The zero-order valence-electron chi connectivity index (χ0n) is 19.4. The molecule has 0 aliphatic heterocycles. The van der Waals surface area contributed by atoms with Crippen molar-refractivity contribution in [3.63, 3.8) is 0 Å². The minimum Gasteiger partial charge on any atom is -0.294 e. The zero-order valence-corrected chi connectivity index (χ0v) is 22.5. The minimum absolute atomic E-state index is 0.0772. The van der Waals surface area contributed by atoms with Gasteiger partial charge in [0.2, 0.25) is 0 Å². The third kappa shape index (κ3) is 8.61. The molecule has 0 aliphatic rings. The van der Waals surface area contributed by atoms with Gasteiger partial charge in [-0.25, -0.2) is 0 Å². The van der Waals surface area contributed by atoms with Crippen LogP contribution in [0.25, 0.3) is 6.08 Å². The van der Waals surface area contributed by atoms with E-state index in [0.717, 1.165) is 24.3 Å². The summed E-state index contributed by atoms with van der Waals surface area (Å²) in [5.41, 5.74) is -2.18. The molecule has 0 heterocycles. The fourth-order valence-electron chi connectivity index (χ4n) is 3.36. The van der Waals surface area contributed by atoms with Crippen LogP contribution in [0.5, 0.6) is 0 Å². The van der Waals surface area contributed by atoms with E-state index < -0.39 is 35.2 Å². The monoisotopic (exact) mass is 590 g/mol. The molecule has 0 spiro atoms. The Morgan fingerprint density at radius 3 is 2.06 bits per heavy atom. The van der Waals surface area contributed by atoms with Crippen LogP contribution in [0.4, 0.5) is 26.3 Å². The number of thioether (sulfide) groups is 1. The van der Waals surface area contributed by atoms with Crippen molar-refractivity contribution in [2.24, 2.45) is 5.92 Å². The predicted octanol–water partition coefficient (Wildman–Crippen LogP) is 10.4. The molecule has 2 rings (SSSR count). The second-order valence-corrected chi connectivity index (χ2v) is 11.4. The number of Topliss-reactive ketones (excluding diaryl/α,β-unsaturated/α-hetero) is 1. The Hall–Kier alpha value is -1.35. The van der Waals surface area contributed by atoms with Gasteiger partial charge in [-0.3, -0.25) is 4.79 Å². The van der Waals surface area contributed by atoms with Gasteiger partial charge in [0.15, 0.2) is 5.78 Å². The lowest BCUT2D eigenvalue weighted by Gasteiger charge is -2.19. The van der Waals surface area contributed by atoms with Crippen molar-refractivity contribution in [3.8, 4) is 0 Å². The fraction of sp³-hybridized carbons (Fsp3) is 0.400. The lowest BCUT2D eigenvalue weighted by atomic mass is 9.93. The summed E-state index contributed by atoms with van der Waals surface area (Å²) in [7, 11) is 0. The first-order chi connectivity index (χ1) is 16.5. The number of carbonyl (C=O) groups is 1. The van der Waals surface area contributed by atoms with Crippen molar-refractivity contribution in [2.75, 3.05) is 5.75 Å². The molecule has 1 nitrogen and oxygen atoms in total. The van der Waals surface area contributed by atoms with E-state index in [-0.39, 0.29) is 38.5 Å². The Morgan fingerprint density at radius 1 is 0.972 bits per heavy atom. The molecule has 0 saturated heterocycles. The Kier molecular flexibility index (Phi) is 10.7. The van der Waals surface area contributed by atoms with E-state index >= 15 is 0 Å². The number of benzene rings is 2. The quantitative estimate of drug-likeness (QED) is 0.164. The molecule has 0 fully saturated rings. The number of ketones is 1. The molecule has 2 aromatic carbocycles. The second-order valence-electron chi connectivity index (χ2n) is 8.59. The molecular weight excluding hydrogens is 569 g/mol. The first-order valence-electron chi connectivity index (χ1n) is 10.8. The number of hydrogen-bond donors (Lipinski definition) is 0. The van der Waals surface area contributed by atoms with Crippen LogP contribution in [-0.4, -0.2) is 23.0 Å². The third-order valence-electron chi connectivity index (χ3n) is 5.10. The summed E-state index contributed by atoms with van der Waals surface area (Å²) >= 11 is 19.1. The Morgan fingerprint density at radius 2 is 1.56 bits per heavy atom. The minimum atomic E-state index is -4.87. The molecule has 198 valence electrons. The number of rotatable bonds is 9. The van der Waals surface area contributed by atoms with Crippen molar-refractivity contribution in [1.29, 1.82) is 0 Å². The van der Waals surface area contributed by atoms with Crippen molar-refractivity contribution < 1.29 is 31.1 Å². The van der Waals surface area contributed by atoms with Crippen molar-refractivity contribution in [2.45, 2.75) is 50.7 Å². The van der Waals surface area contributed by atoms with Gasteiger partial charge in [0, 0.05) is 12.0 Å². The van der Waals surface area contributed by atoms with Crippen LogP contribution in [-0.2, 0) is 6.18 Å². The average molecular weight is 592 g/mol. The third-order valence-corrected chi connectivity index (χ3v) is 7.72. The second kappa shape index (κ2) is 12.5. The van der Waals surface area contributed by atoms with Gasteiger partial charge in [-0.1, -0.05) is 79.9 Å². The first-order valence-corrected chi connectivity index (χ1v) is 12.9. The number of carbonyl (C=O) groups excluding carboxylic acids is 1. The van der Waals surface area contributed by atoms with Gasteiger partial charge in [0.25, 0.3) is 0 Å². The summed E-state index contributed by atoms with van der Waals surface area (Å²) in [5, 5.41) is -0.172. The van der Waals surface area contributed by atoms with Crippen LogP contribution < -0.4 is 0 Å². The Labute approximate surface area is 225 Å². The number of hydrogen-bond acceptors (Lipinski definition) is 2. The summed E-state index contributed by atoms with van der Waals surface area (Å²) in [6.07, 6.45) is -8.11. The van der Waals surface area contributed by atoms with Crippen LogP contribution >= 0.6 is 46.6 Å². The summed E-state index contributed by atoms with van der Waals surface area (Å²) in [6, 6.07) is 4.86. The highest BCUT2D eigenvalue weighted by Crippen LogP contribution is 2.41. The van der Waals surface area contributed by atoms with E-state index in [9.17, 15) is 31.1 Å². The summed E-state index contributed by atoms with van der Waals surface area (Å²) in [5.74, 6) is -2.41. The smallest absolute Gasteiger partial charge is 0.294 e. The van der Waals surface area contributed by atoms with E-state index in [1.807, 2.05) is 13.8 Å². The highest BCUT2D eigenvalue weighted by atomic mass is 35.5. The van der Waals surface area contributed by atoms with Gasteiger partial charge >= 0.3 is 12.4 Å². The molecule has 0 aromatic heterocycles. The van der Waals surface area contributed by atoms with Gasteiger partial charge in [-0.15, -0.1) is 0 Å². The predicted molar refractivity (Wildman–Crippen MR) is 136 cm³/mol.